The van der Waals surface area contributed by atoms with Crippen LogP contribution < -0.4 is 10.1 Å². The normalized spacial score (nSPS) is 10.7. The van der Waals surface area contributed by atoms with E-state index in [0.29, 0.717) is 0 Å². The van der Waals surface area contributed by atoms with Gasteiger partial charge in [-0.15, -0.1) is 21.5 Å². The van der Waals surface area contributed by atoms with E-state index >= 15 is 0 Å². The van der Waals surface area contributed by atoms with E-state index in [9.17, 15) is 0 Å². The number of thiophene rings is 1. The summed E-state index contributed by atoms with van der Waals surface area (Å²) in [6.07, 6.45) is 2.01. The van der Waals surface area contributed by atoms with Crippen LogP contribution in [0.4, 0.5) is 5.13 Å². The van der Waals surface area contributed by atoms with Crippen molar-refractivity contribution in [2.45, 2.75) is 17.2 Å². The highest BCUT2D eigenvalue weighted by molar-refractivity contribution is 8.01. The van der Waals surface area contributed by atoms with Crippen LogP contribution in [0.1, 0.15) is 11.3 Å². The lowest BCUT2D eigenvalue weighted by Crippen LogP contribution is -2.03. The lowest BCUT2D eigenvalue weighted by Gasteiger charge is -2.04. The Kier molecular flexibility index (Phi) is 6.95. The predicted octanol–water partition coefficient (Wildman–Crippen LogP) is 4.82. The number of para-hydroxylation sites is 1. The molecule has 24 heavy (non-hydrogen) atoms. The number of nitrogens with one attached hydrogen (secondary N) is 1. The Morgan fingerprint density at radius 1 is 1.08 bits per heavy atom. The number of benzene rings is 1. The molecule has 0 unspecified atom stereocenters. The summed E-state index contributed by atoms with van der Waals surface area (Å²) in [5.41, 5.74) is 0. The molecule has 4 nitrogen and oxygen atoms in total. The van der Waals surface area contributed by atoms with Crippen molar-refractivity contribution in [3.8, 4) is 5.75 Å². The first kappa shape index (κ1) is 17.3. The maximum Gasteiger partial charge on any atom is 0.206 e. The first-order chi connectivity index (χ1) is 11.9. The second kappa shape index (κ2) is 9.66. The molecule has 0 bridgehead atoms. The molecule has 0 radical (unpaired) electrons. The third-order valence-electron chi connectivity index (χ3n) is 3.16. The molecule has 0 saturated heterocycles. The first-order valence-corrected chi connectivity index (χ1v) is 10.5. The number of anilines is 1. The quantitative estimate of drug-likeness (QED) is 0.406. The molecule has 0 aliphatic carbocycles. The van der Waals surface area contributed by atoms with Crippen molar-refractivity contribution in [1.82, 2.24) is 10.2 Å². The third-order valence-corrected chi connectivity index (χ3v) is 6.20. The van der Waals surface area contributed by atoms with E-state index < -0.39 is 0 Å². The van der Waals surface area contributed by atoms with Gasteiger partial charge in [-0.25, -0.2) is 0 Å². The van der Waals surface area contributed by atoms with Crippen LogP contribution in [0.2, 0.25) is 0 Å². The molecule has 1 aromatic carbocycles. The molecule has 3 aromatic rings. The summed E-state index contributed by atoms with van der Waals surface area (Å²) in [6.45, 7) is 1.62. The lowest BCUT2D eigenvalue weighted by molar-refractivity contribution is 0.318. The van der Waals surface area contributed by atoms with Crippen molar-refractivity contribution in [2.24, 2.45) is 0 Å². The van der Waals surface area contributed by atoms with Crippen LogP contribution in [0, 0.1) is 0 Å². The Balaban J connectivity index is 1.29. The van der Waals surface area contributed by atoms with Crippen molar-refractivity contribution in [1.29, 1.82) is 0 Å². The van der Waals surface area contributed by atoms with Gasteiger partial charge >= 0.3 is 0 Å². The summed E-state index contributed by atoms with van der Waals surface area (Å²) in [6, 6.07) is 14.2. The van der Waals surface area contributed by atoms with Gasteiger partial charge in [-0.2, -0.15) is 0 Å². The number of aromatic nitrogens is 2. The fourth-order valence-electron chi connectivity index (χ4n) is 2.01. The van der Waals surface area contributed by atoms with Crippen LogP contribution in [0.3, 0.4) is 0 Å². The van der Waals surface area contributed by atoms with Gasteiger partial charge in [0.1, 0.15) is 5.75 Å². The van der Waals surface area contributed by atoms with E-state index in [1.807, 2.05) is 30.3 Å². The van der Waals surface area contributed by atoms with Crippen molar-refractivity contribution in [3.05, 3.63) is 52.7 Å². The number of nitrogens with zero attached hydrogens (tertiary/aromatic N) is 2. The molecule has 0 atom stereocenters. The topological polar surface area (TPSA) is 47.0 Å². The molecule has 0 aliphatic rings. The Morgan fingerprint density at radius 3 is 2.83 bits per heavy atom. The summed E-state index contributed by atoms with van der Waals surface area (Å²) in [7, 11) is 0. The van der Waals surface area contributed by atoms with E-state index in [2.05, 4.69) is 33.0 Å². The predicted molar refractivity (Wildman–Crippen MR) is 104 cm³/mol. The average Bonchev–Trinajstić information content (AvgIpc) is 3.28. The zero-order valence-corrected chi connectivity index (χ0v) is 15.6. The summed E-state index contributed by atoms with van der Waals surface area (Å²) in [4.78, 5) is 1.39. The van der Waals surface area contributed by atoms with E-state index in [-0.39, 0.29) is 0 Å². The van der Waals surface area contributed by atoms with Gasteiger partial charge < -0.3 is 10.1 Å². The SMILES string of the molecule is c1ccc(OCCCSc2nnc(NCCc3cccs3)s2)cc1. The van der Waals surface area contributed by atoms with Crippen molar-refractivity contribution in [3.63, 3.8) is 0 Å². The Labute approximate surface area is 154 Å². The summed E-state index contributed by atoms with van der Waals surface area (Å²) < 4.78 is 6.69. The highest BCUT2D eigenvalue weighted by Crippen LogP contribution is 2.26. The van der Waals surface area contributed by atoms with Crippen LogP contribution in [-0.2, 0) is 6.42 Å². The zero-order valence-electron chi connectivity index (χ0n) is 13.2. The maximum atomic E-state index is 5.68. The fraction of sp³-hybridized carbons (Fsp3) is 0.294. The highest BCUT2D eigenvalue weighted by Gasteiger charge is 2.04. The van der Waals surface area contributed by atoms with E-state index in [4.69, 9.17) is 4.74 Å². The first-order valence-electron chi connectivity index (χ1n) is 7.80. The minimum atomic E-state index is 0.724. The van der Waals surface area contributed by atoms with Crippen LogP contribution in [-0.4, -0.2) is 29.1 Å². The monoisotopic (exact) mass is 377 g/mol. The Hall–Kier alpha value is -1.57. The second-order valence-electron chi connectivity index (χ2n) is 4.99. The molecular weight excluding hydrogens is 358 g/mol. The van der Waals surface area contributed by atoms with Crippen LogP contribution in [0.25, 0.3) is 0 Å². The molecule has 0 amide bonds. The zero-order chi connectivity index (χ0) is 16.5. The molecular formula is C17H19N3OS3. The molecule has 126 valence electrons. The molecule has 1 N–H and O–H groups in total. The average molecular weight is 378 g/mol. The van der Waals surface area contributed by atoms with Gasteiger partial charge in [0.2, 0.25) is 5.13 Å². The minimum absolute atomic E-state index is 0.724. The van der Waals surface area contributed by atoms with Crippen molar-refractivity contribution < 1.29 is 4.74 Å². The van der Waals surface area contributed by atoms with E-state index in [1.165, 1.54) is 4.88 Å². The van der Waals surface area contributed by atoms with Gasteiger partial charge in [-0.1, -0.05) is 47.4 Å². The summed E-state index contributed by atoms with van der Waals surface area (Å²) in [5.74, 6) is 1.91. The Bertz CT molecular complexity index is 701. The smallest absolute Gasteiger partial charge is 0.206 e. The van der Waals surface area contributed by atoms with Crippen molar-refractivity contribution >= 4 is 39.6 Å². The molecule has 0 spiro atoms. The summed E-state index contributed by atoms with van der Waals surface area (Å²) in [5, 5.41) is 14.8. The number of thioether (sulfide) groups is 1. The van der Waals surface area contributed by atoms with Crippen LogP contribution in [0.15, 0.2) is 52.2 Å². The van der Waals surface area contributed by atoms with E-state index in [1.54, 1.807) is 34.4 Å². The molecule has 2 heterocycles. The molecule has 0 fully saturated rings. The molecule has 0 aliphatic heterocycles. The molecule has 2 aromatic heterocycles. The fourth-order valence-corrected chi connectivity index (χ4v) is 4.48. The van der Waals surface area contributed by atoms with E-state index in [0.717, 1.165) is 47.0 Å². The van der Waals surface area contributed by atoms with Gasteiger partial charge in [0.15, 0.2) is 4.34 Å². The van der Waals surface area contributed by atoms with Gasteiger partial charge in [0.25, 0.3) is 0 Å². The van der Waals surface area contributed by atoms with Crippen molar-refractivity contribution in [2.75, 3.05) is 24.2 Å². The highest BCUT2D eigenvalue weighted by atomic mass is 32.2. The van der Waals surface area contributed by atoms with Crippen LogP contribution in [0.5, 0.6) is 5.75 Å². The standard InChI is InChI=1S/C17H19N3OS3/c1-2-6-14(7-3-1)21-11-5-13-23-17-20-19-16(24-17)18-10-9-15-8-4-12-22-15/h1-4,6-8,12H,5,9-11,13H2,(H,18,19). The molecule has 7 heteroatoms. The minimum Gasteiger partial charge on any atom is -0.494 e. The largest absolute Gasteiger partial charge is 0.494 e. The molecule has 0 saturated carbocycles. The Morgan fingerprint density at radius 2 is 2.00 bits per heavy atom. The molecule has 3 rings (SSSR count). The third kappa shape index (κ3) is 5.81. The van der Waals surface area contributed by atoms with Gasteiger partial charge in [-0.05, 0) is 36.4 Å². The van der Waals surface area contributed by atoms with Gasteiger partial charge in [0, 0.05) is 17.2 Å². The maximum absolute atomic E-state index is 5.68. The van der Waals surface area contributed by atoms with Gasteiger partial charge in [-0.3, -0.25) is 0 Å². The van der Waals surface area contributed by atoms with Gasteiger partial charge in [0.05, 0.1) is 6.61 Å². The number of ether oxygens (including phenoxy) is 1. The second-order valence-corrected chi connectivity index (χ2v) is 8.34. The number of rotatable bonds is 10. The number of hydrogen-bond acceptors (Lipinski definition) is 7. The lowest BCUT2D eigenvalue weighted by atomic mass is 10.3. The summed E-state index contributed by atoms with van der Waals surface area (Å²) >= 11 is 5.14. The number of hydrogen-bond donors (Lipinski definition) is 1. The van der Waals surface area contributed by atoms with Crippen LogP contribution >= 0.6 is 34.4 Å².